The zero-order valence-electron chi connectivity index (χ0n) is 16.4. The molecule has 0 aliphatic rings. The average molecular weight is 379 g/mol. The predicted octanol–water partition coefficient (Wildman–Crippen LogP) is 3.77. The number of nitrogens with one attached hydrogen (secondary N) is 1. The van der Waals surface area contributed by atoms with Gasteiger partial charge in [-0.3, -0.25) is 4.79 Å². The highest BCUT2D eigenvalue weighted by Gasteiger charge is 2.06. The zero-order chi connectivity index (χ0) is 19.9. The number of hydrogen-bond donors (Lipinski definition) is 1. The molecule has 3 rings (SSSR count). The summed E-state index contributed by atoms with van der Waals surface area (Å²) in [6.45, 7) is 7.36. The smallest absolute Gasteiger partial charge is 0.244 e. The van der Waals surface area contributed by atoms with E-state index in [0.29, 0.717) is 31.3 Å². The molecule has 28 heavy (non-hydrogen) atoms. The Balaban J connectivity index is 1.62. The molecule has 2 heterocycles. The maximum atomic E-state index is 12.2. The van der Waals surface area contributed by atoms with Gasteiger partial charge in [-0.2, -0.15) is 0 Å². The molecule has 0 aliphatic carbocycles. The standard InChI is InChI=1S/C22H25N3O3/c1-4-27-19-10-8-17(13-20(19)28-5-2)9-11-21(26)23-14-18-15-25-12-6-7-16(3)22(25)24-18/h6-13,15H,4-5,14H2,1-3H3,(H,23,26). The van der Waals surface area contributed by atoms with E-state index in [-0.39, 0.29) is 5.91 Å². The summed E-state index contributed by atoms with van der Waals surface area (Å²) in [5.74, 6) is 1.20. The van der Waals surface area contributed by atoms with Crippen molar-refractivity contribution >= 4 is 17.6 Å². The summed E-state index contributed by atoms with van der Waals surface area (Å²) in [4.78, 5) is 16.7. The molecule has 0 saturated heterocycles. The van der Waals surface area contributed by atoms with Crippen molar-refractivity contribution in [3.05, 3.63) is 65.6 Å². The third-order valence-electron chi connectivity index (χ3n) is 4.17. The van der Waals surface area contributed by atoms with Crippen LogP contribution in [0.15, 0.2) is 48.8 Å². The number of imidazole rings is 1. The summed E-state index contributed by atoms with van der Waals surface area (Å²) in [5.41, 5.74) is 3.68. The van der Waals surface area contributed by atoms with Crippen LogP contribution >= 0.6 is 0 Å². The Hall–Kier alpha value is -3.28. The number of pyridine rings is 1. The fraction of sp³-hybridized carbons (Fsp3) is 0.273. The first-order valence-electron chi connectivity index (χ1n) is 9.39. The second-order valence-electron chi connectivity index (χ2n) is 6.28. The van der Waals surface area contributed by atoms with Crippen molar-refractivity contribution in [3.63, 3.8) is 0 Å². The van der Waals surface area contributed by atoms with E-state index in [1.807, 2.05) is 67.9 Å². The topological polar surface area (TPSA) is 64.9 Å². The molecule has 0 aliphatic heterocycles. The van der Waals surface area contributed by atoms with Gasteiger partial charge in [-0.05, 0) is 56.2 Å². The number of rotatable bonds is 8. The van der Waals surface area contributed by atoms with Crippen molar-refractivity contribution in [2.45, 2.75) is 27.3 Å². The van der Waals surface area contributed by atoms with Crippen LogP contribution in [0.5, 0.6) is 11.5 Å². The van der Waals surface area contributed by atoms with E-state index in [2.05, 4.69) is 10.3 Å². The number of fused-ring (bicyclic) bond motifs is 1. The molecule has 0 saturated carbocycles. The van der Waals surface area contributed by atoms with E-state index in [1.165, 1.54) is 6.08 Å². The average Bonchev–Trinajstić information content (AvgIpc) is 3.11. The Labute approximate surface area is 164 Å². The van der Waals surface area contributed by atoms with Crippen LogP contribution < -0.4 is 14.8 Å². The molecule has 6 heteroatoms. The highest BCUT2D eigenvalue weighted by molar-refractivity contribution is 5.91. The molecule has 1 amide bonds. The monoisotopic (exact) mass is 379 g/mol. The highest BCUT2D eigenvalue weighted by atomic mass is 16.5. The van der Waals surface area contributed by atoms with Crippen molar-refractivity contribution < 1.29 is 14.3 Å². The predicted molar refractivity (Wildman–Crippen MR) is 110 cm³/mol. The molecule has 1 N–H and O–H groups in total. The van der Waals surface area contributed by atoms with Crippen LogP contribution in [-0.4, -0.2) is 28.5 Å². The van der Waals surface area contributed by atoms with Gasteiger partial charge >= 0.3 is 0 Å². The quantitative estimate of drug-likeness (QED) is 0.605. The van der Waals surface area contributed by atoms with Crippen molar-refractivity contribution in [1.82, 2.24) is 14.7 Å². The number of aromatic nitrogens is 2. The van der Waals surface area contributed by atoms with E-state index in [4.69, 9.17) is 9.47 Å². The summed E-state index contributed by atoms with van der Waals surface area (Å²) < 4.78 is 13.1. The second kappa shape index (κ2) is 9.08. The molecule has 0 unspecified atom stereocenters. The number of nitrogens with zero attached hydrogens (tertiary/aromatic N) is 2. The molecule has 6 nitrogen and oxygen atoms in total. The number of amides is 1. The Morgan fingerprint density at radius 1 is 1.18 bits per heavy atom. The van der Waals surface area contributed by atoms with E-state index >= 15 is 0 Å². The molecular formula is C22H25N3O3. The molecule has 146 valence electrons. The first-order valence-corrected chi connectivity index (χ1v) is 9.39. The summed E-state index contributed by atoms with van der Waals surface area (Å²) in [6, 6.07) is 9.60. The fourth-order valence-electron chi connectivity index (χ4n) is 2.87. The van der Waals surface area contributed by atoms with Crippen LogP contribution in [0.25, 0.3) is 11.7 Å². The number of ether oxygens (including phenoxy) is 2. The van der Waals surface area contributed by atoms with Gasteiger partial charge in [-0.15, -0.1) is 0 Å². The van der Waals surface area contributed by atoms with Gasteiger partial charge in [0.25, 0.3) is 0 Å². The van der Waals surface area contributed by atoms with E-state index in [0.717, 1.165) is 22.5 Å². The Bertz CT molecular complexity index is 992. The minimum Gasteiger partial charge on any atom is -0.490 e. The lowest BCUT2D eigenvalue weighted by molar-refractivity contribution is -0.116. The Morgan fingerprint density at radius 2 is 1.96 bits per heavy atom. The van der Waals surface area contributed by atoms with Gasteiger partial charge in [0.05, 0.1) is 25.5 Å². The van der Waals surface area contributed by atoms with Crippen LogP contribution in [0.1, 0.15) is 30.7 Å². The fourth-order valence-corrected chi connectivity index (χ4v) is 2.87. The van der Waals surface area contributed by atoms with Crippen molar-refractivity contribution in [2.24, 2.45) is 0 Å². The van der Waals surface area contributed by atoms with E-state index in [1.54, 1.807) is 6.08 Å². The van der Waals surface area contributed by atoms with Crippen molar-refractivity contribution in [2.75, 3.05) is 13.2 Å². The lowest BCUT2D eigenvalue weighted by Gasteiger charge is -2.11. The number of benzene rings is 1. The molecular weight excluding hydrogens is 354 g/mol. The lowest BCUT2D eigenvalue weighted by atomic mass is 10.2. The largest absolute Gasteiger partial charge is 0.490 e. The SMILES string of the molecule is CCOc1ccc(C=CC(=O)NCc2cn3cccc(C)c3n2)cc1OCC. The molecule has 1 aromatic carbocycles. The number of hydrogen-bond acceptors (Lipinski definition) is 4. The third-order valence-corrected chi connectivity index (χ3v) is 4.17. The third kappa shape index (κ3) is 4.71. The first kappa shape index (κ1) is 19.5. The van der Waals surface area contributed by atoms with Gasteiger partial charge in [-0.25, -0.2) is 4.98 Å². The van der Waals surface area contributed by atoms with Crippen LogP contribution in [0.3, 0.4) is 0 Å². The van der Waals surface area contributed by atoms with Gasteiger partial charge in [0.15, 0.2) is 11.5 Å². The summed E-state index contributed by atoms with van der Waals surface area (Å²) >= 11 is 0. The molecule has 3 aromatic rings. The normalized spacial score (nSPS) is 11.1. The molecule has 0 radical (unpaired) electrons. The summed E-state index contributed by atoms with van der Waals surface area (Å²) in [5, 5.41) is 2.86. The van der Waals surface area contributed by atoms with Gasteiger partial charge in [0.1, 0.15) is 5.65 Å². The maximum absolute atomic E-state index is 12.2. The summed E-state index contributed by atoms with van der Waals surface area (Å²) in [6.07, 6.45) is 7.13. The number of carbonyl (C=O) groups is 1. The minimum absolute atomic E-state index is 0.180. The maximum Gasteiger partial charge on any atom is 0.244 e. The van der Waals surface area contributed by atoms with Gasteiger partial charge in [0, 0.05) is 18.5 Å². The molecule has 0 fully saturated rings. The molecule has 0 bridgehead atoms. The number of aryl methyl sites for hydroxylation is 1. The van der Waals surface area contributed by atoms with Crippen LogP contribution in [-0.2, 0) is 11.3 Å². The Morgan fingerprint density at radius 3 is 2.71 bits per heavy atom. The molecule has 0 spiro atoms. The minimum atomic E-state index is -0.180. The van der Waals surface area contributed by atoms with Crippen molar-refractivity contribution in [1.29, 1.82) is 0 Å². The number of carbonyl (C=O) groups excluding carboxylic acids is 1. The second-order valence-corrected chi connectivity index (χ2v) is 6.28. The van der Waals surface area contributed by atoms with E-state index < -0.39 is 0 Å². The van der Waals surface area contributed by atoms with Crippen LogP contribution in [0.4, 0.5) is 0 Å². The van der Waals surface area contributed by atoms with Gasteiger partial charge in [0.2, 0.25) is 5.91 Å². The van der Waals surface area contributed by atoms with Crippen molar-refractivity contribution in [3.8, 4) is 11.5 Å². The summed E-state index contributed by atoms with van der Waals surface area (Å²) in [7, 11) is 0. The van der Waals surface area contributed by atoms with Gasteiger partial charge < -0.3 is 19.2 Å². The lowest BCUT2D eigenvalue weighted by Crippen LogP contribution is -2.20. The first-order chi connectivity index (χ1) is 13.6. The van der Waals surface area contributed by atoms with Crippen LogP contribution in [0.2, 0.25) is 0 Å². The highest BCUT2D eigenvalue weighted by Crippen LogP contribution is 2.29. The van der Waals surface area contributed by atoms with E-state index in [9.17, 15) is 4.79 Å². The van der Waals surface area contributed by atoms with Crippen LogP contribution in [0, 0.1) is 6.92 Å². The van der Waals surface area contributed by atoms with Gasteiger partial charge in [-0.1, -0.05) is 12.1 Å². The molecule has 2 aromatic heterocycles. The zero-order valence-corrected chi connectivity index (χ0v) is 16.4. The Kier molecular flexibility index (Phi) is 6.32. The molecule has 0 atom stereocenters.